The van der Waals surface area contributed by atoms with E-state index in [0.29, 0.717) is 35.7 Å². The molecule has 14 heteroatoms. The summed E-state index contributed by atoms with van der Waals surface area (Å²) in [6, 6.07) is 6.11. The fourth-order valence-electron chi connectivity index (χ4n) is 5.63. The minimum Gasteiger partial charge on any atom is -0.351 e. The van der Waals surface area contributed by atoms with Crippen LogP contribution in [0.4, 0.5) is 13.2 Å². The quantitative estimate of drug-likeness (QED) is 0.287. The zero-order chi connectivity index (χ0) is 31.3. The molecule has 0 aliphatic carbocycles. The molecule has 2 aromatic rings. The minimum absolute atomic E-state index is 0.0860. The Morgan fingerprint density at radius 1 is 1.12 bits per heavy atom. The van der Waals surface area contributed by atoms with E-state index in [1.165, 1.54) is 31.2 Å². The molecular formula is C29H35Cl2F3N4O4S. The highest BCUT2D eigenvalue weighted by Crippen LogP contribution is 2.37. The van der Waals surface area contributed by atoms with E-state index in [0.717, 1.165) is 38.3 Å². The van der Waals surface area contributed by atoms with Crippen molar-refractivity contribution in [3.8, 4) is 0 Å². The van der Waals surface area contributed by atoms with Gasteiger partial charge in [-0.3, -0.25) is 14.5 Å². The van der Waals surface area contributed by atoms with Crippen LogP contribution in [0.1, 0.15) is 76.9 Å². The van der Waals surface area contributed by atoms with Gasteiger partial charge in [0.15, 0.2) is 0 Å². The number of carbonyl (C=O) groups is 2. The zero-order valence-corrected chi connectivity index (χ0v) is 26.0. The normalized spacial score (nSPS) is 20.5. The molecule has 8 nitrogen and oxygen atoms in total. The lowest BCUT2D eigenvalue weighted by Crippen LogP contribution is -2.53. The molecule has 0 radical (unpaired) electrons. The molecule has 43 heavy (non-hydrogen) atoms. The van der Waals surface area contributed by atoms with Crippen molar-refractivity contribution in [1.29, 1.82) is 0 Å². The molecule has 2 saturated heterocycles. The van der Waals surface area contributed by atoms with Gasteiger partial charge in [-0.15, -0.1) is 0 Å². The van der Waals surface area contributed by atoms with Crippen LogP contribution in [-0.2, 0) is 34.8 Å². The maximum absolute atomic E-state index is 14.2. The van der Waals surface area contributed by atoms with Crippen LogP contribution in [0.25, 0.3) is 0 Å². The molecule has 3 atom stereocenters. The summed E-state index contributed by atoms with van der Waals surface area (Å²) in [7, 11) is -2.80. The van der Waals surface area contributed by atoms with Crippen molar-refractivity contribution >= 4 is 45.7 Å². The van der Waals surface area contributed by atoms with Crippen LogP contribution in [0.2, 0.25) is 10.0 Å². The van der Waals surface area contributed by atoms with Gasteiger partial charge in [0, 0.05) is 41.3 Å². The second-order valence-electron chi connectivity index (χ2n) is 11.1. The van der Waals surface area contributed by atoms with Crippen LogP contribution in [-0.4, -0.2) is 56.9 Å². The second kappa shape index (κ2) is 14.6. The van der Waals surface area contributed by atoms with Crippen LogP contribution in [0.5, 0.6) is 0 Å². The van der Waals surface area contributed by atoms with Crippen LogP contribution >= 0.6 is 23.2 Å². The fourth-order valence-corrected chi connectivity index (χ4v) is 6.58. The summed E-state index contributed by atoms with van der Waals surface area (Å²) in [6.07, 6.45) is -0.593. The first-order valence-electron chi connectivity index (χ1n) is 14.2. The van der Waals surface area contributed by atoms with E-state index < -0.39 is 33.6 Å². The van der Waals surface area contributed by atoms with Crippen molar-refractivity contribution in [2.45, 2.75) is 75.6 Å². The average molecular weight is 664 g/mol. The Balaban J connectivity index is 1.48. The molecule has 4 rings (SSSR count). The van der Waals surface area contributed by atoms with Crippen LogP contribution in [0, 0.1) is 0 Å². The summed E-state index contributed by atoms with van der Waals surface area (Å²) in [6.45, 7) is 2.94. The zero-order valence-electron chi connectivity index (χ0n) is 23.6. The van der Waals surface area contributed by atoms with Gasteiger partial charge in [-0.05, 0) is 86.7 Å². The van der Waals surface area contributed by atoms with E-state index in [4.69, 9.17) is 23.2 Å². The third-order valence-corrected chi connectivity index (χ3v) is 9.42. The number of carbonyl (C=O) groups excluding carboxylic acids is 2. The van der Waals surface area contributed by atoms with E-state index in [1.807, 2.05) is 4.90 Å². The van der Waals surface area contributed by atoms with Crippen molar-refractivity contribution in [3.63, 3.8) is 0 Å². The van der Waals surface area contributed by atoms with E-state index >= 15 is 0 Å². The predicted octanol–water partition coefficient (Wildman–Crippen LogP) is 4.84. The summed E-state index contributed by atoms with van der Waals surface area (Å²) >= 11 is 12.5. The van der Waals surface area contributed by atoms with E-state index in [1.54, 1.807) is 0 Å². The number of amides is 2. The van der Waals surface area contributed by atoms with Gasteiger partial charge in [-0.1, -0.05) is 35.7 Å². The molecular weight excluding hydrogens is 628 g/mol. The molecule has 2 fully saturated rings. The molecule has 2 aliphatic rings. The van der Waals surface area contributed by atoms with Crippen LogP contribution in [0.3, 0.4) is 0 Å². The number of thiol groups is 1. The molecule has 3 N–H and O–H groups in total. The molecule has 1 unspecified atom stereocenters. The summed E-state index contributed by atoms with van der Waals surface area (Å²) < 4.78 is 65.8. The Kier molecular flexibility index (Phi) is 11.4. The molecule has 0 saturated carbocycles. The first kappa shape index (κ1) is 33.5. The molecule has 2 aliphatic heterocycles. The number of hydrogen-bond acceptors (Lipinski definition) is 6. The molecule has 236 valence electrons. The highest BCUT2D eigenvalue weighted by molar-refractivity contribution is 7.72. The summed E-state index contributed by atoms with van der Waals surface area (Å²) in [5, 5.41) is 8.08. The number of piperidine rings is 2. The number of hydrogen-bond donors (Lipinski definition) is 4. The SMILES string of the molecule is CC(c1ccc(Cl)cc1CNC(=O)c1cc(Cl)c(CN2CCC[C@H](NC(=O)[C@@H]3CCCCN3)C2)c(C(F)(F)F)c1)[SH](=O)=O. The van der Waals surface area contributed by atoms with Crippen LogP contribution < -0.4 is 16.0 Å². The van der Waals surface area contributed by atoms with Crippen molar-refractivity contribution in [3.05, 3.63) is 68.2 Å². The topological polar surface area (TPSA) is 108 Å². The van der Waals surface area contributed by atoms with E-state index in [2.05, 4.69) is 16.0 Å². The highest BCUT2D eigenvalue weighted by Gasteiger charge is 2.36. The number of likely N-dealkylation sites (tertiary alicyclic amines) is 1. The first-order chi connectivity index (χ1) is 20.3. The van der Waals surface area contributed by atoms with Crippen molar-refractivity contribution in [2.24, 2.45) is 0 Å². The number of alkyl halides is 3. The Morgan fingerprint density at radius 2 is 1.88 bits per heavy atom. The minimum atomic E-state index is -4.78. The highest BCUT2D eigenvalue weighted by atomic mass is 35.5. The number of rotatable bonds is 9. The molecule has 0 aromatic heterocycles. The standard InChI is InChI=1S/C29H35Cl2F3N4O4S/c1-17(43(41)42)22-8-7-20(30)11-19(22)14-36-27(39)18-12-24(29(32,33)34)23(25(31)13-18)16-38-10-4-5-21(15-38)37-28(40)26-6-2-3-9-35-26/h7-8,11-13,17,21,26,35,43H,2-6,9-10,14-16H2,1H3,(H,36,39)(H,37,40)/t17?,21-,26-/m0/s1. The van der Waals surface area contributed by atoms with Gasteiger partial charge in [0.2, 0.25) is 5.91 Å². The largest absolute Gasteiger partial charge is 0.416 e. The van der Waals surface area contributed by atoms with Gasteiger partial charge in [0.25, 0.3) is 5.91 Å². The Hall–Kier alpha value is -2.38. The number of halogens is 5. The smallest absolute Gasteiger partial charge is 0.351 e. The van der Waals surface area contributed by atoms with Gasteiger partial charge in [-0.25, -0.2) is 8.42 Å². The Labute approximate surface area is 260 Å². The van der Waals surface area contributed by atoms with Gasteiger partial charge >= 0.3 is 6.18 Å². The summed E-state index contributed by atoms with van der Waals surface area (Å²) in [5.74, 6) is -0.891. The second-order valence-corrected chi connectivity index (χ2v) is 13.2. The first-order valence-corrected chi connectivity index (χ1v) is 16.2. The molecule has 0 bridgehead atoms. The Morgan fingerprint density at radius 3 is 2.56 bits per heavy atom. The molecule has 2 heterocycles. The van der Waals surface area contributed by atoms with Crippen LogP contribution in [0.15, 0.2) is 30.3 Å². The average Bonchev–Trinajstić information content (AvgIpc) is 2.96. The maximum Gasteiger partial charge on any atom is 0.416 e. The molecule has 0 spiro atoms. The Bertz CT molecular complexity index is 1410. The molecule has 2 aromatic carbocycles. The lowest BCUT2D eigenvalue weighted by atomic mass is 9.99. The lowest BCUT2D eigenvalue weighted by molar-refractivity contribution is -0.138. The third-order valence-electron chi connectivity index (χ3n) is 7.93. The maximum atomic E-state index is 14.2. The van der Waals surface area contributed by atoms with Gasteiger partial charge < -0.3 is 16.0 Å². The van der Waals surface area contributed by atoms with Gasteiger partial charge in [-0.2, -0.15) is 13.2 Å². The number of nitrogens with zero attached hydrogens (tertiary/aromatic N) is 1. The predicted molar refractivity (Wildman–Crippen MR) is 160 cm³/mol. The fraction of sp³-hybridized carbons (Fsp3) is 0.517. The van der Waals surface area contributed by atoms with Gasteiger partial charge in [0.1, 0.15) is 10.7 Å². The van der Waals surface area contributed by atoms with Crippen molar-refractivity contribution in [1.82, 2.24) is 20.9 Å². The van der Waals surface area contributed by atoms with Gasteiger partial charge in [0.05, 0.1) is 16.9 Å². The lowest BCUT2D eigenvalue weighted by Gasteiger charge is -2.35. The number of benzene rings is 2. The molecule has 2 amide bonds. The summed E-state index contributed by atoms with van der Waals surface area (Å²) in [5.41, 5.74) is -0.579. The monoisotopic (exact) mass is 662 g/mol. The van der Waals surface area contributed by atoms with Crippen molar-refractivity contribution in [2.75, 3.05) is 19.6 Å². The van der Waals surface area contributed by atoms with E-state index in [-0.39, 0.29) is 47.2 Å². The van der Waals surface area contributed by atoms with Crippen molar-refractivity contribution < 1.29 is 31.2 Å². The third kappa shape index (κ3) is 8.85. The summed E-state index contributed by atoms with van der Waals surface area (Å²) in [4.78, 5) is 27.5. The van der Waals surface area contributed by atoms with E-state index in [9.17, 15) is 31.2 Å². The number of nitrogens with one attached hydrogen (secondary N) is 3.